The van der Waals surface area contributed by atoms with Gasteiger partial charge in [-0.3, -0.25) is 4.79 Å². The molecule has 2 aliphatic rings. The third-order valence-electron chi connectivity index (χ3n) is 5.85. The van der Waals surface area contributed by atoms with Crippen LogP contribution in [0.4, 0.5) is 0 Å². The van der Waals surface area contributed by atoms with Crippen LogP contribution in [0.3, 0.4) is 0 Å². The van der Waals surface area contributed by atoms with Crippen LogP contribution in [0.25, 0.3) is 0 Å². The van der Waals surface area contributed by atoms with Crippen LogP contribution in [0, 0.1) is 5.92 Å². The predicted molar refractivity (Wildman–Crippen MR) is 106 cm³/mol. The summed E-state index contributed by atoms with van der Waals surface area (Å²) in [6, 6.07) is 6.59. The van der Waals surface area contributed by atoms with Crippen molar-refractivity contribution in [3.05, 3.63) is 29.3 Å². The average Bonchev–Trinajstić information content (AvgIpc) is 3.08. The molecule has 0 spiro atoms. The lowest BCUT2D eigenvalue weighted by atomic mass is 9.84. The third kappa shape index (κ3) is 4.79. The number of fused-ring (bicyclic) bond motifs is 1. The van der Waals surface area contributed by atoms with E-state index in [1.807, 2.05) is 13.0 Å². The Labute approximate surface area is 158 Å². The van der Waals surface area contributed by atoms with E-state index in [0.717, 1.165) is 25.1 Å². The summed E-state index contributed by atoms with van der Waals surface area (Å²) in [5.41, 5.74) is 2.82. The zero-order valence-corrected chi connectivity index (χ0v) is 16.6. The normalized spacial score (nSPS) is 23.5. The average molecular weight is 359 g/mol. The van der Waals surface area contributed by atoms with Gasteiger partial charge in [0.15, 0.2) is 6.10 Å². The van der Waals surface area contributed by atoms with Gasteiger partial charge in [0, 0.05) is 12.6 Å². The maximum absolute atomic E-state index is 12.9. The number of rotatable bonds is 7. The van der Waals surface area contributed by atoms with E-state index in [9.17, 15) is 4.79 Å². The molecule has 0 radical (unpaired) electrons. The van der Waals surface area contributed by atoms with Crippen molar-refractivity contribution in [1.29, 1.82) is 0 Å². The molecule has 3 unspecified atom stereocenters. The zero-order valence-electron chi connectivity index (χ0n) is 16.6. The summed E-state index contributed by atoms with van der Waals surface area (Å²) in [6.45, 7) is 3.06. The molecule has 26 heavy (non-hydrogen) atoms. The Morgan fingerprint density at radius 2 is 1.96 bits per heavy atom. The minimum atomic E-state index is -0.406. The molecule has 0 aromatic heterocycles. The predicted octanol–water partition coefficient (Wildman–Crippen LogP) is 3.57. The highest BCUT2D eigenvalue weighted by atomic mass is 16.5. The molecular weight excluding hydrogens is 324 g/mol. The number of aryl methyl sites for hydroxylation is 2. The van der Waals surface area contributed by atoms with E-state index >= 15 is 0 Å². The Bertz CT molecular complexity index is 614. The van der Waals surface area contributed by atoms with Crippen LogP contribution in [0.1, 0.15) is 56.6 Å². The van der Waals surface area contributed by atoms with Crippen LogP contribution in [0.15, 0.2) is 18.2 Å². The summed E-state index contributed by atoms with van der Waals surface area (Å²) in [7, 11) is 4.22. The number of nitrogens with one attached hydrogen (secondary N) is 1. The van der Waals surface area contributed by atoms with E-state index in [2.05, 4.69) is 36.4 Å². The number of amides is 1. The number of carbonyl (C=O) groups excluding carboxylic acids is 1. The van der Waals surface area contributed by atoms with Crippen molar-refractivity contribution in [2.45, 2.75) is 70.4 Å². The number of carbonyl (C=O) groups is 1. The van der Waals surface area contributed by atoms with Gasteiger partial charge < -0.3 is 15.0 Å². The fourth-order valence-electron chi connectivity index (χ4n) is 4.47. The van der Waals surface area contributed by atoms with Gasteiger partial charge in [-0.1, -0.05) is 25.8 Å². The van der Waals surface area contributed by atoms with Gasteiger partial charge in [-0.05, 0) is 81.8 Å². The smallest absolute Gasteiger partial charge is 0.261 e. The minimum Gasteiger partial charge on any atom is -0.481 e. The van der Waals surface area contributed by atoms with Crippen molar-refractivity contribution in [2.75, 3.05) is 20.6 Å². The first-order valence-electron chi connectivity index (χ1n) is 10.3. The van der Waals surface area contributed by atoms with Crippen LogP contribution >= 0.6 is 0 Å². The molecule has 1 amide bonds. The van der Waals surface area contributed by atoms with Crippen molar-refractivity contribution in [1.82, 2.24) is 10.2 Å². The molecule has 0 heterocycles. The van der Waals surface area contributed by atoms with E-state index in [1.54, 1.807) is 0 Å². The van der Waals surface area contributed by atoms with Crippen molar-refractivity contribution in [3.8, 4) is 5.75 Å². The molecule has 3 atom stereocenters. The first kappa shape index (κ1) is 19.2. The number of ether oxygens (including phenoxy) is 1. The van der Waals surface area contributed by atoms with Crippen LogP contribution in [-0.4, -0.2) is 43.6 Å². The van der Waals surface area contributed by atoms with E-state index < -0.39 is 6.10 Å². The van der Waals surface area contributed by atoms with Crippen molar-refractivity contribution >= 4 is 5.91 Å². The van der Waals surface area contributed by atoms with Gasteiger partial charge >= 0.3 is 0 Å². The van der Waals surface area contributed by atoms with E-state index in [-0.39, 0.29) is 11.9 Å². The standard InChI is InChI=1S/C22H34N2O2/c1-4-21(26-19-13-12-16-9-7-10-17(16)14-19)22(25)23-20-11-6-5-8-18(20)15-24(2)3/h12-14,18,20-21H,4-11,15H2,1-3H3,(H,23,25). The number of hydrogen-bond donors (Lipinski definition) is 1. The van der Waals surface area contributed by atoms with Crippen molar-refractivity contribution in [2.24, 2.45) is 5.92 Å². The molecule has 3 rings (SSSR count). The quantitative estimate of drug-likeness (QED) is 0.810. The first-order valence-corrected chi connectivity index (χ1v) is 10.3. The molecule has 0 bridgehead atoms. The second kappa shape index (κ2) is 8.90. The summed E-state index contributed by atoms with van der Waals surface area (Å²) in [4.78, 5) is 15.1. The maximum Gasteiger partial charge on any atom is 0.261 e. The highest BCUT2D eigenvalue weighted by molar-refractivity contribution is 5.81. The van der Waals surface area contributed by atoms with Crippen molar-refractivity contribution < 1.29 is 9.53 Å². The molecule has 1 fully saturated rings. The van der Waals surface area contributed by atoms with Gasteiger partial charge in [-0.25, -0.2) is 0 Å². The lowest BCUT2D eigenvalue weighted by molar-refractivity contribution is -0.129. The number of hydrogen-bond acceptors (Lipinski definition) is 3. The minimum absolute atomic E-state index is 0.0451. The summed E-state index contributed by atoms with van der Waals surface area (Å²) in [6.07, 6.45) is 8.57. The second-order valence-electron chi connectivity index (χ2n) is 8.22. The molecule has 1 N–H and O–H groups in total. The molecule has 0 saturated heterocycles. The molecule has 1 aromatic rings. The lowest BCUT2D eigenvalue weighted by Gasteiger charge is -2.34. The lowest BCUT2D eigenvalue weighted by Crippen LogP contribution is -2.49. The van der Waals surface area contributed by atoms with E-state index in [4.69, 9.17) is 4.74 Å². The number of nitrogens with zero attached hydrogens (tertiary/aromatic N) is 1. The topological polar surface area (TPSA) is 41.6 Å². The summed E-state index contributed by atoms with van der Waals surface area (Å²) >= 11 is 0. The van der Waals surface area contributed by atoms with E-state index in [0.29, 0.717) is 12.3 Å². The molecule has 2 aliphatic carbocycles. The van der Waals surface area contributed by atoms with Crippen molar-refractivity contribution in [3.63, 3.8) is 0 Å². The Hall–Kier alpha value is -1.55. The van der Waals surface area contributed by atoms with Gasteiger partial charge in [-0.2, -0.15) is 0 Å². The molecule has 1 aromatic carbocycles. The van der Waals surface area contributed by atoms with Gasteiger partial charge in [-0.15, -0.1) is 0 Å². The molecule has 1 saturated carbocycles. The van der Waals surface area contributed by atoms with Crippen LogP contribution in [0.5, 0.6) is 5.75 Å². The number of benzene rings is 1. The monoisotopic (exact) mass is 358 g/mol. The van der Waals surface area contributed by atoms with Crippen LogP contribution in [0.2, 0.25) is 0 Å². The second-order valence-corrected chi connectivity index (χ2v) is 8.22. The molecule has 144 valence electrons. The maximum atomic E-state index is 12.9. The Balaban J connectivity index is 1.61. The fraction of sp³-hybridized carbons (Fsp3) is 0.682. The molecule has 4 nitrogen and oxygen atoms in total. The van der Waals surface area contributed by atoms with Crippen LogP contribution < -0.4 is 10.1 Å². The highest BCUT2D eigenvalue weighted by Gasteiger charge is 2.29. The third-order valence-corrected chi connectivity index (χ3v) is 5.85. The summed E-state index contributed by atoms with van der Waals surface area (Å²) in [5, 5.41) is 3.31. The summed E-state index contributed by atoms with van der Waals surface area (Å²) < 4.78 is 6.09. The first-order chi connectivity index (χ1) is 12.6. The highest BCUT2D eigenvalue weighted by Crippen LogP contribution is 2.28. The fourth-order valence-corrected chi connectivity index (χ4v) is 4.47. The van der Waals surface area contributed by atoms with E-state index in [1.165, 1.54) is 43.2 Å². The largest absolute Gasteiger partial charge is 0.481 e. The van der Waals surface area contributed by atoms with Gasteiger partial charge in [0.05, 0.1) is 0 Å². The van der Waals surface area contributed by atoms with Crippen LogP contribution in [-0.2, 0) is 17.6 Å². The Morgan fingerprint density at radius 1 is 1.19 bits per heavy atom. The van der Waals surface area contributed by atoms with Gasteiger partial charge in [0.1, 0.15) is 5.75 Å². The molecule has 4 heteroatoms. The molecule has 0 aliphatic heterocycles. The van der Waals surface area contributed by atoms with Gasteiger partial charge in [0.25, 0.3) is 5.91 Å². The zero-order chi connectivity index (χ0) is 18.5. The summed E-state index contributed by atoms with van der Waals surface area (Å²) in [5.74, 6) is 1.42. The SMILES string of the molecule is CCC(Oc1ccc2c(c1)CCC2)C(=O)NC1CCCCC1CN(C)C. The van der Waals surface area contributed by atoms with Gasteiger partial charge in [0.2, 0.25) is 0 Å². The Morgan fingerprint density at radius 3 is 2.73 bits per heavy atom. The Kier molecular flexibility index (Phi) is 6.58. The molecular formula is C22H34N2O2.